The van der Waals surface area contributed by atoms with E-state index in [0.717, 1.165) is 24.3 Å². The largest absolute Gasteiger partial charge is 0.462 e. The average Bonchev–Trinajstić information content (AvgIpc) is 2.76. The van der Waals surface area contributed by atoms with Crippen molar-refractivity contribution >= 4 is 34.7 Å². The van der Waals surface area contributed by atoms with E-state index in [1.165, 1.54) is 30.5 Å². The molecule has 5 nitrogen and oxygen atoms in total. The fourth-order valence-corrected chi connectivity index (χ4v) is 4.00. The van der Waals surface area contributed by atoms with Crippen molar-refractivity contribution in [1.82, 2.24) is 5.32 Å². The Morgan fingerprint density at radius 2 is 1.83 bits per heavy atom. The number of hydrogen-bond acceptors (Lipinski definition) is 4. The highest BCUT2D eigenvalue weighted by Gasteiger charge is 2.13. The van der Waals surface area contributed by atoms with Crippen LogP contribution < -0.4 is 15.5 Å². The minimum Gasteiger partial charge on any atom is -0.462 e. The number of carbonyl (C=O) groups excluding carboxylic acids is 1. The van der Waals surface area contributed by atoms with Crippen molar-refractivity contribution < 1.29 is 9.53 Å². The van der Waals surface area contributed by atoms with E-state index < -0.39 is 0 Å². The molecule has 0 aromatic heterocycles. The number of esters is 1. The molecule has 3 rings (SSSR count). The Balaban J connectivity index is 1.57. The lowest BCUT2D eigenvalue weighted by Crippen LogP contribution is -2.31. The number of nitrogens with one attached hydrogen (secondary N) is 2. The lowest BCUT2D eigenvalue weighted by Gasteiger charge is -2.29. The first kappa shape index (κ1) is 22.1. The van der Waals surface area contributed by atoms with Crippen molar-refractivity contribution in [2.45, 2.75) is 46.1 Å². The fraction of sp³-hybridized carbons (Fsp3) is 0.417. The van der Waals surface area contributed by atoms with Crippen molar-refractivity contribution in [3.63, 3.8) is 0 Å². The normalized spacial score (nSPS) is 14.7. The number of carbonyl (C=O) groups is 1. The Labute approximate surface area is 184 Å². The van der Waals surface area contributed by atoms with Gasteiger partial charge in [-0.15, -0.1) is 0 Å². The molecule has 2 N–H and O–H groups in total. The summed E-state index contributed by atoms with van der Waals surface area (Å²) in [7, 11) is 0. The summed E-state index contributed by atoms with van der Waals surface area (Å²) in [6.07, 6.45) is 3.89. The molecule has 2 aromatic rings. The van der Waals surface area contributed by atoms with E-state index in [2.05, 4.69) is 46.7 Å². The number of benzene rings is 2. The van der Waals surface area contributed by atoms with Crippen molar-refractivity contribution in [2.75, 3.05) is 29.9 Å². The Hall–Kier alpha value is -2.60. The van der Waals surface area contributed by atoms with Crippen LogP contribution in [0.25, 0.3) is 0 Å². The van der Waals surface area contributed by atoms with Crippen LogP contribution in [-0.2, 0) is 4.74 Å². The first-order chi connectivity index (χ1) is 14.5. The zero-order valence-corrected chi connectivity index (χ0v) is 18.8. The summed E-state index contributed by atoms with van der Waals surface area (Å²) in [6, 6.07) is 14.2. The van der Waals surface area contributed by atoms with Crippen LogP contribution in [0.4, 0.5) is 11.4 Å². The van der Waals surface area contributed by atoms with Crippen LogP contribution >= 0.6 is 12.2 Å². The van der Waals surface area contributed by atoms with Crippen molar-refractivity contribution in [2.24, 2.45) is 0 Å². The number of nitrogens with zero attached hydrogens (tertiary/aromatic N) is 1. The van der Waals surface area contributed by atoms with E-state index in [1.54, 1.807) is 13.0 Å². The average molecular weight is 426 g/mol. The molecule has 0 bridgehead atoms. The molecule has 1 aliphatic heterocycles. The van der Waals surface area contributed by atoms with Crippen LogP contribution in [0.3, 0.4) is 0 Å². The number of rotatable bonds is 6. The van der Waals surface area contributed by atoms with E-state index in [1.807, 2.05) is 19.1 Å². The zero-order chi connectivity index (χ0) is 21.5. The van der Waals surface area contributed by atoms with Gasteiger partial charge in [-0.05, 0) is 93.7 Å². The molecule has 0 amide bonds. The highest BCUT2D eigenvalue weighted by molar-refractivity contribution is 7.80. The van der Waals surface area contributed by atoms with Crippen LogP contribution in [0.5, 0.6) is 0 Å². The van der Waals surface area contributed by atoms with Gasteiger partial charge in [-0.1, -0.05) is 12.1 Å². The third-order valence-corrected chi connectivity index (χ3v) is 5.67. The van der Waals surface area contributed by atoms with Crippen LogP contribution in [0.1, 0.15) is 60.6 Å². The Morgan fingerprint density at radius 1 is 1.13 bits per heavy atom. The van der Waals surface area contributed by atoms with Gasteiger partial charge in [0.25, 0.3) is 0 Å². The first-order valence-corrected chi connectivity index (χ1v) is 11.1. The van der Waals surface area contributed by atoms with Gasteiger partial charge in [0.1, 0.15) is 0 Å². The molecule has 1 aliphatic rings. The monoisotopic (exact) mass is 425 g/mol. The zero-order valence-electron chi connectivity index (χ0n) is 18.0. The van der Waals surface area contributed by atoms with Crippen molar-refractivity contribution in [1.29, 1.82) is 0 Å². The SMILES string of the molecule is CCOC(=O)c1ccc(NC(=S)N[C@H](C)c2ccc(N3CCCCC3)cc2)c(C)c1. The maximum atomic E-state index is 11.9. The maximum Gasteiger partial charge on any atom is 0.338 e. The molecule has 2 aromatic carbocycles. The van der Waals surface area contributed by atoms with Crippen LogP contribution in [0.2, 0.25) is 0 Å². The van der Waals surface area contributed by atoms with E-state index in [-0.39, 0.29) is 12.0 Å². The summed E-state index contributed by atoms with van der Waals surface area (Å²) in [5.74, 6) is -0.311. The molecule has 0 spiro atoms. The van der Waals surface area contributed by atoms with Gasteiger partial charge in [0.15, 0.2) is 5.11 Å². The van der Waals surface area contributed by atoms with E-state index in [0.29, 0.717) is 17.3 Å². The van der Waals surface area contributed by atoms with E-state index in [4.69, 9.17) is 17.0 Å². The molecular formula is C24H31N3O2S. The molecule has 6 heteroatoms. The summed E-state index contributed by atoms with van der Waals surface area (Å²) in [5.41, 5.74) is 4.83. The van der Waals surface area contributed by atoms with Gasteiger partial charge in [-0.3, -0.25) is 0 Å². The highest BCUT2D eigenvalue weighted by Crippen LogP contribution is 2.23. The van der Waals surface area contributed by atoms with Crippen LogP contribution in [0, 0.1) is 6.92 Å². The number of ether oxygens (including phenoxy) is 1. The second-order valence-corrected chi connectivity index (χ2v) is 8.12. The topological polar surface area (TPSA) is 53.6 Å². The predicted octanol–water partition coefficient (Wildman–Crippen LogP) is 5.21. The van der Waals surface area contributed by atoms with Crippen LogP contribution in [-0.4, -0.2) is 30.8 Å². The van der Waals surface area contributed by atoms with Gasteiger partial charge in [0, 0.05) is 24.5 Å². The highest BCUT2D eigenvalue weighted by atomic mass is 32.1. The van der Waals surface area contributed by atoms with Gasteiger partial charge in [-0.2, -0.15) is 0 Å². The molecule has 30 heavy (non-hydrogen) atoms. The third-order valence-electron chi connectivity index (χ3n) is 5.45. The first-order valence-electron chi connectivity index (χ1n) is 10.7. The molecule has 1 atom stereocenters. The minimum atomic E-state index is -0.311. The van der Waals surface area contributed by atoms with Crippen molar-refractivity contribution in [3.05, 3.63) is 59.2 Å². The van der Waals surface area contributed by atoms with Gasteiger partial charge >= 0.3 is 5.97 Å². The summed E-state index contributed by atoms with van der Waals surface area (Å²) >= 11 is 5.50. The minimum absolute atomic E-state index is 0.0829. The van der Waals surface area contributed by atoms with Gasteiger partial charge in [0.05, 0.1) is 18.2 Å². The second-order valence-electron chi connectivity index (χ2n) is 7.71. The van der Waals surface area contributed by atoms with Gasteiger partial charge < -0.3 is 20.3 Å². The Kier molecular flexibility index (Phi) is 7.69. The number of thiocarbonyl (C=S) groups is 1. The molecule has 160 valence electrons. The van der Waals surface area contributed by atoms with Crippen LogP contribution in [0.15, 0.2) is 42.5 Å². The molecule has 0 saturated carbocycles. The summed E-state index contributed by atoms with van der Waals surface area (Å²) in [4.78, 5) is 14.3. The molecular weight excluding hydrogens is 394 g/mol. The lowest BCUT2D eigenvalue weighted by molar-refractivity contribution is 0.0526. The molecule has 1 heterocycles. The second kappa shape index (κ2) is 10.4. The quantitative estimate of drug-likeness (QED) is 0.489. The van der Waals surface area contributed by atoms with Crippen molar-refractivity contribution in [3.8, 4) is 0 Å². The fourth-order valence-electron chi connectivity index (χ4n) is 3.71. The molecule has 1 saturated heterocycles. The van der Waals surface area contributed by atoms with E-state index >= 15 is 0 Å². The predicted molar refractivity (Wildman–Crippen MR) is 127 cm³/mol. The van der Waals surface area contributed by atoms with Gasteiger partial charge in [0.2, 0.25) is 0 Å². The van der Waals surface area contributed by atoms with E-state index in [9.17, 15) is 4.79 Å². The Bertz CT molecular complexity index is 877. The number of anilines is 2. The number of aryl methyl sites for hydroxylation is 1. The summed E-state index contributed by atoms with van der Waals surface area (Å²) < 4.78 is 5.05. The number of hydrogen-bond donors (Lipinski definition) is 2. The standard InChI is InChI=1S/C24H31N3O2S/c1-4-29-23(28)20-10-13-22(17(2)16-20)26-24(30)25-18(3)19-8-11-21(12-9-19)27-14-6-5-7-15-27/h8-13,16,18H,4-7,14-15H2,1-3H3,(H2,25,26,30)/t18-/m1/s1. The third kappa shape index (κ3) is 5.72. The molecule has 0 aliphatic carbocycles. The number of piperidine rings is 1. The molecule has 1 fully saturated rings. The summed E-state index contributed by atoms with van der Waals surface area (Å²) in [5, 5.41) is 7.13. The maximum absolute atomic E-state index is 11.9. The summed E-state index contributed by atoms with van der Waals surface area (Å²) in [6.45, 7) is 8.50. The molecule has 0 unspecified atom stereocenters. The molecule has 0 radical (unpaired) electrons. The smallest absolute Gasteiger partial charge is 0.338 e. The Morgan fingerprint density at radius 3 is 2.47 bits per heavy atom. The lowest BCUT2D eigenvalue weighted by atomic mass is 10.1. The van der Waals surface area contributed by atoms with Gasteiger partial charge in [-0.25, -0.2) is 4.79 Å².